The van der Waals surface area contributed by atoms with Crippen LogP contribution < -0.4 is 10.2 Å². The van der Waals surface area contributed by atoms with E-state index in [1.807, 2.05) is 23.1 Å². The normalized spacial score (nSPS) is 25.2. The van der Waals surface area contributed by atoms with Crippen LogP contribution in [0, 0.1) is 5.92 Å². The maximum Gasteiger partial charge on any atom is 0.231 e. The molecule has 1 saturated carbocycles. The van der Waals surface area contributed by atoms with Gasteiger partial charge in [0.15, 0.2) is 0 Å². The van der Waals surface area contributed by atoms with E-state index in [9.17, 15) is 9.90 Å². The molecule has 0 bridgehead atoms. The Kier molecular flexibility index (Phi) is 6.08. The molecule has 1 amide bonds. The summed E-state index contributed by atoms with van der Waals surface area (Å²) in [6, 6.07) is 18.9. The van der Waals surface area contributed by atoms with Gasteiger partial charge in [-0.1, -0.05) is 42.5 Å². The van der Waals surface area contributed by atoms with Gasteiger partial charge in [0.2, 0.25) is 5.91 Å². The highest BCUT2D eigenvalue weighted by molar-refractivity contribution is 5.96. The summed E-state index contributed by atoms with van der Waals surface area (Å²) in [4.78, 5) is 15.5. The van der Waals surface area contributed by atoms with Gasteiger partial charge >= 0.3 is 0 Å². The molecule has 148 valence electrons. The van der Waals surface area contributed by atoms with Gasteiger partial charge in [0, 0.05) is 18.3 Å². The number of aliphatic hydroxyl groups is 1. The first-order valence-corrected chi connectivity index (χ1v) is 10.6. The summed E-state index contributed by atoms with van der Waals surface area (Å²) in [6.07, 6.45) is 5.09. The first-order valence-electron chi connectivity index (χ1n) is 10.6. The van der Waals surface area contributed by atoms with Crippen molar-refractivity contribution in [2.24, 2.45) is 5.92 Å². The molecule has 1 heterocycles. The molecule has 0 unspecified atom stereocenters. The SMILES string of the molecule is O=C([C@H]1CCCNC1)N(c1ccc(-c2ccccc2)cc1)C1CCC(O)CC1. The van der Waals surface area contributed by atoms with E-state index in [0.29, 0.717) is 0 Å². The number of benzene rings is 2. The molecule has 0 spiro atoms. The smallest absolute Gasteiger partial charge is 0.231 e. The molecule has 4 rings (SSSR count). The van der Waals surface area contributed by atoms with Gasteiger partial charge in [0.05, 0.1) is 12.0 Å². The average Bonchev–Trinajstić information content (AvgIpc) is 2.77. The zero-order chi connectivity index (χ0) is 19.3. The third-order valence-electron chi connectivity index (χ3n) is 6.17. The summed E-state index contributed by atoms with van der Waals surface area (Å²) in [6.45, 7) is 1.78. The molecule has 1 aliphatic carbocycles. The maximum atomic E-state index is 13.5. The summed E-state index contributed by atoms with van der Waals surface area (Å²) in [5.74, 6) is 0.287. The standard InChI is InChI=1S/C24H30N2O2/c27-23-14-12-22(13-15-23)26(24(28)20-7-4-16-25-17-20)21-10-8-19(9-11-21)18-5-2-1-3-6-18/h1-3,5-6,8-11,20,22-23,25,27H,4,7,12-17H2/t20-,22?,23?/m0/s1. The molecule has 2 aliphatic rings. The fraction of sp³-hybridized carbons (Fsp3) is 0.458. The lowest BCUT2D eigenvalue weighted by molar-refractivity contribution is -0.123. The van der Waals surface area contributed by atoms with Crippen molar-refractivity contribution in [2.75, 3.05) is 18.0 Å². The Morgan fingerprint density at radius 1 is 0.893 bits per heavy atom. The lowest BCUT2D eigenvalue weighted by atomic mass is 9.89. The average molecular weight is 379 g/mol. The summed E-state index contributed by atoms with van der Waals surface area (Å²) in [5.41, 5.74) is 3.33. The predicted molar refractivity (Wildman–Crippen MR) is 113 cm³/mol. The highest BCUT2D eigenvalue weighted by Gasteiger charge is 2.33. The van der Waals surface area contributed by atoms with Crippen molar-refractivity contribution in [1.82, 2.24) is 5.32 Å². The molecule has 28 heavy (non-hydrogen) atoms. The van der Waals surface area contributed by atoms with Crippen LogP contribution in [0.3, 0.4) is 0 Å². The lowest BCUT2D eigenvalue weighted by Gasteiger charge is -2.38. The maximum absolute atomic E-state index is 13.5. The monoisotopic (exact) mass is 378 g/mol. The molecule has 2 aromatic carbocycles. The Bertz CT molecular complexity index is 761. The van der Waals surface area contributed by atoms with Crippen molar-refractivity contribution in [2.45, 2.75) is 50.7 Å². The van der Waals surface area contributed by atoms with Crippen molar-refractivity contribution in [3.05, 3.63) is 54.6 Å². The molecule has 2 aromatic rings. The van der Waals surface area contributed by atoms with Gasteiger partial charge in [0.1, 0.15) is 0 Å². The summed E-state index contributed by atoms with van der Waals surface area (Å²) in [5, 5.41) is 13.3. The summed E-state index contributed by atoms with van der Waals surface area (Å²) >= 11 is 0. The van der Waals surface area contributed by atoms with E-state index in [4.69, 9.17) is 0 Å². The second-order valence-corrected chi connectivity index (χ2v) is 8.13. The van der Waals surface area contributed by atoms with Gasteiger partial charge < -0.3 is 15.3 Å². The highest BCUT2D eigenvalue weighted by Crippen LogP contribution is 2.31. The van der Waals surface area contributed by atoms with Gasteiger partial charge in [-0.25, -0.2) is 0 Å². The second-order valence-electron chi connectivity index (χ2n) is 8.13. The van der Waals surface area contributed by atoms with Gasteiger partial charge in [-0.2, -0.15) is 0 Å². The molecule has 2 N–H and O–H groups in total. The van der Waals surface area contributed by atoms with E-state index < -0.39 is 0 Å². The van der Waals surface area contributed by atoms with Crippen molar-refractivity contribution < 1.29 is 9.90 Å². The zero-order valence-electron chi connectivity index (χ0n) is 16.4. The Morgan fingerprint density at radius 2 is 1.57 bits per heavy atom. The molecule has 1 aliphatic heterocycles. The Balaban J connectivity index is 1.59. The van der Waals surface area contributed by atoms with E-state index in [-0.39, 0.29) is 24.0 Å². The number of carbonyl (C=O) groups excluding carboxylic acids is 1. The zero-order valence-corrected chi connectivity index (χ0v) is 16.4. The van der Waals surface area contributed by atoms with E-state index in [2.05, 4.69) is 41.7 Å². The predicted octanol–water partition coefficient (Wildman–Crippen LogP) is 3.99. The van der Waals surface area contributed by atoms with E-state index in [1.54, 1.807) is 0 Å². The van der Waals surface area contributed by atoms with Gasteiger partial charge in [-0.15, -0.1) is 0 Å². The summed E-state index contributed by atoms with van der Waals surface area (Å²) in [7, 11) is 0. The first kappa shape index (κ1) is 19.2. The van der Waals surface area contributed by atoms with Gasteiger partial charge in [0.25, 0.3) is 0 Å². The molecule has 4 heteroatoms. The van der Waals surface area contributed by atoms with Crippen LogP contribution in [0.1, 0.15) is 38.5 Å². The van der Waals surface area contributed by atoms with Crippen LogP contribution in [-0.4, -0.2) is 36.2 Å². The van der Waals surface area contributed by atoms with Crippen LogP contribution in [0.5, 0.6) is 0 Å². The quantitative estimate of drug-likeness (QED) is 0.846. The number of hydrogen-bond donors (Lipinski definition) is 2. The third kappa shape index (κ3) is 4.29. The van der Waals surface area contributed by atoms with Crippen LogP contribution >= 0.6 is 0 Å². The second kappa shape index (κ2) is 8.89. The number of rotatable bonds is 4. The van der Waals surface area contributed by atoms with Gasteiger partial charge in [-0.3, -0.25) is 4.79 Å². The molecule has 2 fully saturated rings. The van der Waals surface area contributed by atoms with Gasteiger partial charge in [-0.05, 0) is 68.3 Å². The molecule has 1 atom stereocenters. The minimum atomic E-state index is -0.218. The number of hydrogen-bond acceptors (Lipinski definition) is 3. The number of amides is 1. The Labute approximate surface area is 167 Å². The molecule has 4 nitrogen and oxygen atoms in total. The van der Waals surface area contributed by atoms with Crippen molar-refractivity contribution >= 4 is 11.6 Å². The first-order chi connectivity index (χ1) is 13.7. The number of aliphatic hydroxyl groups excluding tert-OH is 1. The molecule has 1 saturated heterocycles. The van der Waals surface area contributed by atoms with Crippen LogP contribution in [0.15, 0.2) is 54.6 Å². The largest absolute Gasteiger partial charge is 0.393 e. The minimum absolute atomic E-state index is 0.0504. The van der Waals surface area contributed by atoms with E-state index in [1.165, 1.54) is 5.56 Å². The molecule has 0 radical (unpaired) electrons. The lowest BCUT2D eigenvalue weighted by Crippen LogP contribution is -2.49. The van der Waals surface area contributed by atoms with E-state index in [0.717, 1.165) is 62.9 Å². The van der Waals surface area contributed by atoms with Crippen LogP contribution in [0.25, 0.3) is 11.1 Å². The Morgan fingerprint density at radius 3 is 2.21 bits per heavy atom. The summed E-state index contributed by atoms with van der Waals surface area (Å²) < 4.78 is 0. The Hall–Kier alpha value is -2.17. The van der Waals surface area contributed by atoms with Crippen molar-refractivity contribution in [3.8, 4) is 11.1 Å². The number of nitrogens with zero attached hydrogens (tertiary/aromatic N) is 1. The van der Waals surface area contributed by atoms with E-state index >= 15 is 0 Å². The molecule has 0 aromatic heterocycles. The fourth-order valence-corrected chi connectivity index (χ4v) is 4.54. The van der Waals surface area contributed by atoms with Crippen LogP contribution in [0.4, 0.5) is 5.69 Å². The molecular weight excluding hydrogens is 348 g/mol. The topological polar surface area (TPSA) is 52.6 Å². The number of carbonyl (C=O) groups is 1. The fourth-order valence-electron chi connectivity index (χ4n) is 4.54. The van der Waals surface area contributed by atoms with Crippen LogP contribution in [-0.2, 0) is 4.79 Å². The molecular formula is C24H30N2O2. The third-order valence-corrected chi connectivity index (χ3v) is 6.17. The number of anilines is 1. The number of nitrogens with one attached hydrogen (secondary N) is 1. The van der Waals surface area contributed by atoms with Crippen molar-refractivity contribution in [1.29, 1.82) is 0 Å². The highest BCUT2D eigenvalue weighted by atomic mass is 16.3. The van der Waals surface area contributed by atoms with Crippen molar-refractivity contribution in [3.63, 3.8) is 0 Å². The number of piperidine rings is 1. The van der Waals surface area contributed by atoms with Crippen LogP contribution in [0.2, 0.25) is 0 Å². The minimum Gasteiger partial charge on any atom is -0.393 e.